The molecule has 1 aromatic carbocycles. The van der Waals surface area contributed by atoms with Gasteiger partial charge in [0.1, 0.15) is 0 Å². The zero-order valence-corrected chi connectivity index (χ0v) is 16.1. The monoisotopic (exact) mass is 389 g/mol. The molecule has 2 aliphatic heterocycles. The minimum atomic E-state index is 0. The maximum atomic E-state index is 11.6. The number of carbonyl (C=O) groups excluding carboxylic acids is 1. The first-order chi connectivity index (χ1) is 11.2. The lowest BCUT2D eigenvalue weighted by Crippen LogP contribution is -2.43. The fraction of sp³-hybridized carbons (Fsp3) is 0.588. The lowest BCUT2D eigenvalue weighted by Gasteiger charge is -2.29. The van der Waals surface area contributed by atoms with Crippen molar-refractivity contribution >= 4 is 41.7 Å². The molecule has 7 heteroatoms. The van der Waals surface area contributed by atoms with Gasteiger partial charge in [-0.1, -0.05) is 29.8 Å². The van der Waals surface area contributed by atoms with E-state index in [-0.39, 0.29) is 29.6 Å². The number of nitrogens with zero attached hydrogens (tertiary/aromatic N) is 1. The molecule has 3 rings (SSSR count). The summed E-state index contributed by atoms with van der Waals surface area (Å²) in [6.07, 6.45) is 2.18. The predicted octanol–water partition coefficient (Wildman–Crippen LogP) is 2.72. The van der Waals surface area contributed by atoms with Crippen LogP contribution in [0.1, 0.15) is 24.3 Å². The summed E-state index contributed by atoms with van der Waals surface area (Å²) in [5, 5.41) is 7.45. The van der Waals surface area contributed by atoms with Crippen molar-refractivity contribution in [3.05, 3.63) is 34.9 Å². The van der Waals surface area contributed by atoms with E-state index < -0.39 is 0 Å². The summed E-state index contributed by atoms with van der Waals surface area (Å²) in [5.41, 5.74) is 1.16. The van der Waals surface area contributed by atoms with Gasteiger partial charge < -0.3 is 15.5 Å². The number of halogens is 2. The van der Waals surface area contributed by atoms with Gasteiger partial charge in [0.15, 0.2) is 0 Å². The predicted molar refractivity (Wildman–Crippen MR) is 104 cm³/mol. The number of piperazine rings is 1. The topological polar surface area (TPSA) is 44.4 Å². The van der Waals surface area contributed by atoms with Gasteiger partial charge in [-0.15, -0.1) is 24.2 Å². The molecule has 2 heterocycles. The highest BCUT2D eigenvalue weighted by Gasteiger charge is 2.31. The van der Waals surface area contributed by atoms with Crippen molar-refractivity contribution in [1.82, 2.24) is 15.5 Å². The molecule has 2 fully saturated rings. The highest BCUT2D eigenvalue weighted by Crippen LogP contribution is 2.37. The van der Waals surface area contributed by atoms with Crippen molar-refractivity contribution < 1.29 is 4.79 Å². The van der Waals surface area contributed by atoms with Crippen molar-refractivity contribution in [3.8, 4) is 0 Å². The molecule has 134 valence electrons. The molecule has 2 N–H and O–H groups in total. The summed E-state index contributed by atoms with van der Waals surface area (Å²) in [4.78, 5) is 14.1. The van der Waals surface area contributed by atoms with Crippen molar-refractivity contribution in [2.45, 2.75) is 24.1 Å². The lowest BCUT2D eigenvalue weighted by atomic mass is 9.93. The van der Waals surface area contributed by atoms with Crippen LogP contribution in [-0.2, 0) is 4.79 Å². The quantitative estimate of drug-likeness (QED) is 0.784. The number of hydrogen-bond donors (Lipinski definition) is 2. The number of benzene rings is 1. The first-order valence-electron chi connectivity index (χ1n) is 8.32. The Kier molecular flexibility index (Phi) is 8.17. The molecule has 0 saturated carbocycles. The smallest absolute Gasteiger partial charge is 0.230 e. The largest absolute Gasteiger partial charge is 0.343 e. The zero-order valence-electron chi connectivity index (χ0n) is 13.7. The van der Waals surface area contributed by atoms with Gasteiger partial charge in [-0.2, -0.15) is 0 Å². The second-order valence-electron chi connectivity index (χ2n) is 6.16. The molecule has 0 aliphatic carbocycles. The van der Waals surface area contributed by atoms with Crippen molar-refractivity contribution in [3.63, 3.8) is 0 Å². The Morgan fingerprint density at radius 1 is 1.29 bits per heavy atom. The lowest BCUT2D eigenvalue weighted by molar-refractivity contribution is -0.118. The van der Waals surface area contributed by atoms with Crippen LogP contribution >= 0.6 is 35.8 Å². The van der Waals surface area contributed by atoms with E-state index in [2.05, 4.69) is 21.6 Å². The molecule has 2 aliphatic rings. The van der Waals surface area contributed by atoms with E-state index >= 15 is 0 Å². The molecule has 0 aromatic heterocycles. The van der Waals surface area contributed by atoms with Gasteiger partial charge in [-0.05, 0) is 31.0 Å². The molecule has 2 unspecified atom stereocenters. The fourth-order valence-electron chi connectivity index (χ4n) is 3.34. The summed E-state index contributed by atoms with van der Waals surface area (Å²) in [7, 11) is 0. The molecular formula is C17H25Cl2N3OS. The molecule has 4 nitrogen and oxygen atoms in total. The van der Waals surface area contributed by atoms with Crippen molar-refractivity contribution in [1.29, 1.82) is 0 Å². The average molecular weight is 390 g/mol. The Balaban J connectivity index is 0.00000208. The SMILES string of the molecule is Cl.O=C1CSC(C(CCCN2CCNCC2)c2ccccc2Cl)N1. The molecule has 24 heavy (non-hydrogen) atoms. The Bertz CT molecular complexity index is 540. The van der Waals surface area contributed by atoms with Gasteiger partial charge in [0.25, 0.3) is 0 Å². The Labute approximate surface area is 159 Å². The van der Waals surface area contributed by atoms with Crippen LogP contribution < -0.4 is 10.6 Å². The number of amides is 1. The van der Waals surface area contributed by atoms with Crippen molar-refractivity contribution in [2.75, 3.05) is 38.5 Å². The van der Waals surface area contributed by atoms with Crippen LogP contribution in [0.25, 0.3) is 0 Å². The molecule has 2 saturated heterocycles. The van der Waals surface area contributed by atoms with Crippen molar-refractivity contribution in [2.24, 2.45) is 0 Å². The highest BCUT2D eigenvalue weighted by molar-refractivity contribution is 8.01. The van der Waals surface area contributed by atoms with E-state index in [0.717, 1.165) is 56.2 Å². The van der Waals surface area contributed by atoms with Crippen LogP contribution in [0.4, 0.5) is 0 Å². The van der Waals surface area contributed by atoms with E-state index in [1.165, 1.54) is 0 Å². The van der Waals surface area contributed by atoms with Crippen LogP contribution in [0, 0.1) is 0 Å². The summed E-state index contributed by atoms with van der Waals surface area (Å²) < 4.78 is 0. The standard InChI is InChI=1S/C17H24ClN3OS.ClH/c18-15-6-2-1-4-13(15)14(17-20-16(22)12-23-17)5-3-9-21-10-7-19-8-11-21;/h1-2,4,6,14,17,19H,3,5,7-12H2,(H,20,22);1H. The minimum absolute atomic E-state index is 0. The minimum Gasteiger partial charge on any atom is -0.343 e. The number of thioether (sulfide) groups is 1. The zero-order chi connectivity index (χ0) is 16.1. The summed E-state index contributed by atoms with van der Waals surface area (Å²) >= 11 is 8.13. The van der Waals surface area contributed by atoms with Crippen LogP contribution in [0.5, 0.6) is 0 Å². The molecular weight excluding hydrogens is 365 g/mol. The number of hydrogen-bond acceptors (Lipinski definition) is 4. The third-order valence-corrected chi connectivity index (χ3v) is 6.15. The van der Waals surface area contributed by atoms with E-state index in [1.54, 1.807) is 11.8 Å². The van der Waals surface area contributed by atoms with Crippen LogP contribution in [-0.4, -0.2) is 54.7 Å². The van der Waals surface area contributed by atoms with E-state index in [1.807, 2.05) is 18.2 Å². The van der Waals surface area contributed by atoms with Crippen LogP contribution in [0.15, 0.2) is 24.3 Å². The van der Waals surface area contributed by atoms with Gasteiger partial charge in [-0.25, -0.2) is 0 Å². The molecule has 1 amide bonds. The first-order valence-corrected chi connectivity index (χ1v) is 9.75. The number of nitrogens with one attached hydrogen (secondary N) is 2. The summed E-state index contributed by atoms with van der Waals surface area (Å²) in [5.74, 6) is 0.978. The Morgan fingerprint density at radius 3 is 2.71 bits per heavy atom. The molecule has 0 spiro atoms. The van der Waals surface area contributed by atoms with E-state index in [0.29, 0.717) is 5.75 Å². The third kappa shape index (κ3) is 5.27. The Morgan fingerprint density at radius 2 is 2.04 bits per heavy atom. The second-order valence-corrected chi connectivity index (χ2v) is 7.70. The van der Waals surface area contributed by atoms with Crippen LogP contribution in [0.3, 0.4) is 0 Å². The second kappa shape index (κ2) is 9.88. The normalized spacial score (nSPS) is 22.7. The van der Waals surface area contributed by atoms with Gasteiger partial charge in [0, 0.05) is 37.1 Å². The van der Waals surface area contributed by atoms with Gasteiger partial charge in [-0.3, -0.25) is 4.79 Å². The summed E-state index contributed by atoms with van der Waals surface area (Å²) in [6.45, 7) is 5.55. The van der Waals surface area contributed by atoms with Gasteiger partial charge in [0.05, 0.1) is 11.1 Å². The molecule has 0 bridgehead atoms. The van der Waals surface area contributed by atoms with Gasteiger partial charge in [0.2, 0.25) is 5.91 Å². The molecule has 1 aromatic rings. The van der Waals surface area contributed by atoms with E-state index in [4.69, 9.17) is 11.6 Å². The highest BCUT2D eigenvalue weighted by atomic mass is 35.5. The third-order valence-electron chi connectivity index (χ3n) is 4.57. The van der Waals surface area contributed by atoms with E-state index in [9.17, 15) is 4.79 Å². The number of rotatable bonds is 6. The fourth-order valence-corrected chi connectivity index (χ4v) is 4.76. The first kappa shape index (κ1) is 19.9. The number of carbonyl (C=O) groups is 1. The molecule has 0 radical (unpaired) electrons. The average Bonchev–Trinajstić information content (AvgIpc) is 3.00. The molecule has 2 atom stereocenters. The summed E-state index contributed by atoms with van der Waals surface area (Å²) in [6, 6.07) is 8.04. The maximum Gasteiger partial charge on any atom is 0.230 e. The van der Waals surface area contributed by atoms with Gasteiger partial charge >= 0.3 is 0 Å². The van der Waals surface area contributed by atoms with Crippen LogP contribution in [0.2, 0.25) is 5.02 Å². The maximum absolute atomic E-state index is 11.6. The Hall–Kier alpha value is -0.460.